The molecule has 0 aliphatic rings. The van der Waals surface area contributed by atoms with Gasteiger partial charge in [0.2, 0.25) is 0 Å². The largest absolute Gasteiger partial charge is 0.393 e. The van der Waals surface area contributed by atoms with Gasteiger partial charge in [-0.25, -0.2) is 0 Å². The molecule has 98 valence electrons. The van der Waals surface area contributed by atoms with Gasteiger partial charge in [-0.2, -0.15) is 13.2 Å². The summed E-state index contributed by atoms with van der Waals surface area (Å²) in [7, 11) is 0. The van der Waals surface area contributed by atoms with Crippen LogP contribution in [0.15, 0.2) is 0 Å². The van der Waals surface area contributed by atoms with Crippen molar-refractivity contribution in [3.63, 3.8) is 0 Å². The van der Waals surface area contributed by atoms with Crippen LogP contribution in [0.5, 0.6) is 0 Å². The normalized spacial score (nSPS) is 14.1. The summed E-state index contributed by atoms with van der Waals surface area (Å²) in [6.45, 7) is 3.55. The van der Waals surface area contributed by atoms with E-state index in [2.05, 4.69) is 6.92 Å². The van der Waals surface area contributed by atoms with Gasteiger partial charge in [0, 0.05) is 6.61 Å². The van der Waals surface area contributed by atoms with Crippen molar-refractivity contribution >= 4 is 0 Å². The number of hydrogen-bond donors (Lipinski definition) is 0. The van der Waals surface area contributed by atoms with E-state index in [0.717, 1.165) is 26.2 Å². The Morgan fingerprint density at radius 1 is 1.00 bits per heavy atom. The predicted molar refractivity (Wildman–Crippen MR) is 59.4 cm³/mol. The second-order valence-electron chi connectivity index (χ2n) is 4.29. The van der Waals surface area contributed by atoms with Crippen LogP contribution in [-0.4, -0.2) is 19.4 Å². The van der Waals surface area contributed by atoms with E-state index >= 15 is 0 Å². The Bertz CT molecular complexity index is 157. The minimum absolute atomic E-state index is 0.210. The second-order valence-corrected chi connectivity index (χ2v) is 4.29. The molecule has 0 aromatic rings. The molecule has 1 nitrogen and oxygen atoms in total. The second kappa shape index (κ2) is 8.85. The van der Waals surface area contributed by atoms with Gasteiger partial charge in [0.05, 0.1) is 12.5 Å². The summed E-state index contributed by atoms with van der Waals surface area (Å²) in [5.74, 6) is -1.35. The third-order valence-corrected chi connectivity index (χ3v) is 2.57. The van der Waals surface area contributed by atoms with Crippen LogP contribution >= 0.6 is 0 Å². The molecule has 0 aliphatic heterocycles. The minimum atomic E-state index is -4.12. The van der Waals surface area contributed by atoms with E-state index in [1.54, 1.807) is 0 Å². The summed E-state index contributed by atoms with van der Waals surface area (Å²) in [5.41, 5.74) is 0. The molecular weight excluding hydrogens is 217 g/mol. The van der Waals surface area contributed by atoms with Gasteiger partial charge in [-0.1, -0.05) is 46.0 Å². The third-order valence-electron chi connectivity index (χ3n) is 2.57. The summed E-state index contributed by atoms with van der Waals surface area (Å²) >= 11 is 0. The molecule has 1 atom stereocenters. The maximum absolute atomic E-state index is 12.1. The van der Waals surface area contributed by atoms with Gasteiger partial charge < -0.3 is 4.74 Å². The van der Waals surface area contributed by atoms with Crippen molar-refractivity contribution in [3.05, 3.63) is 0 Å². The first-order chi connectivity index (χ1) is 7.48. The van der Waals surface area contributed by atoms with E-state index < -0.39 is 12.1 Å². The number of rotatable bonds is 9. The molecule has 0 aromatic carbocycles. The molecule has 0 heterocycles. The number of alkyl halides is 3. The zero-order chi connectivity index (χ0) is 12.4. The van der Waals surface area contributed by atoms with Crippen molar-refractivity contribution in [2.75, 3.05) is 13.2 Å². The van der Waals surface area contributed by atoms with Crippen LogP contribution in [0.2, 0.25) is 0 Å². The zero-order valence-electron chi connectivity index (χ0n) is 10.3. The zero-order valence-corrected chi connectivity index (χ0v) is 10.3. The Morgan fingerprint density at radius 2 is 1.56 bits per heavy atom. The predicted octanol–water partition coefficient (Wildman–Crippen LogP) is 4.56. The maximum atomic E-state index is 12.1. The van der Waals surface area contributed by atoms with E-state index in [9.17, 15) is 13.2 Å². The number of ether oxygens (including phenoxy) is 1. The van der Waals surface area contributed by atoms with Crippen LogP contribution < -0.4 is 0 Å². The van der Waals surface area contributed by atoms with Crippen LogP contribution in [0, 0.1) is 5.92 Å². The first-order valence-electron chi connectivity index (χ1n) is 6.13. The summed E-state index contributed by atoms with van der Waals surface area (Å²) in [6.07, 6.45) is 2.63. The van der Waals surface area contributed by atoms with Crippen molar-refractivity contribution in [2.24, 2.45) is 5.92 Å². The third kappa shape index (κ3) is 9.01. The van der Waals surface area contributed by atoms with E-state index in [1.165, 1.54) is 19.3 Å². The Balaban J connectivity index is 3.21. The molecule has 0 aliphatic carbocycles. The van der Waals surface area contributed by atoms with Crippen LogP contribution in [0.4, 0.5) is 13.2 Å². The fourth-order valence-corrected chi connectivity index (χ4v) is 1.34. The highest BCUT2D eigenvalue weighted by Gasteiger charge is 2.35. The van der Waals surface area contributed by atoms with E-state index in [-0.39, 0.29) is 6.61 Å². The maximum Gasteiger partial charge on any atom is 0.393 e. The molecule has 0 saturated heterocycles. The Kier molecular flexibility index (Phi) is 8.71. The number of halogens is 3. The monoisotopic (exact) mass is 240 g/mol. The van der Waals surface area contributed by atoms with E-state index in [0.29, 0.717) is 6.61 Å². The van der Waals surface area contributed by atoms with Crippen molar-refractivity contribution in [1.29, 1.82) is 0 Å². The van der Waals surface area contributed by atoms with Gasteiger partial charge in [0.25, 0.3) is 0 Å². The summed E-state index contributed by atoms with van der Waals surface area (Å²) in [4.78, 5) is 0. The van der Waals surface area contributed by atoms with Crippen LogP contribution in [0.3, 0.4) is 0 Å². The molecule has 0 bridgehead atoms. The molecule has 0 fully saturated rings. The van der Waals surface area contributed by atoms with Crippen molar-refractivity contribution in [2.45, 2.75) is 58.5 Å². The van der Waals surface area contributed by atoms with Gasteiger partial charge in [-0.05, 0) is 6.42 Å². The van der Waals surface area contributed by atoms with Gasteiger partial charge in [0.15, 0.2) is 0 Å². The van der Waals surface area contributed by atoms with E-state index in [4.69, 9.17) is 4.74 Å². The molecular formula is C12H23F3O. The molecule has 16 heavy (non-hydrogen) atoms. The highest BCUT2D eigenvalue weighted by Crippen LogP contribution is 2.25. The van der Waals surface area contributed by atoms with Crippen LogP contribution in [-0.2, 0) is 4.74 Å². The molecule has 1 unspecified atom stereocenters. The lowest BCUT2D eigenvalue weighted by atomic mass is 10.1. The SMILES string of the molecule is CCCCCCCCOCC(C)C(F)(F)F. The first-order valence-corrected chi connectivity index (χ1v) is 6.13. The summed E-state index contributed by atoms with van der Waals surface area (Å²) < 4.78 is 41.3. The van der Waals surface area contributed by atoms with Gasteiger partial charge in [-0.3, -0.25) is 0 Å². The minimum Gasteiger partial charge on any atom is -0.381 e. The topological polar surface area (TPSA) is 9.23 Å². The summed E-state index contributed by atoms with van der Waals surface area (Å²) in [6, 6.07) is 0. The molecule has 0 rings (SSSR count). The molecule has 4 heteroatoms. The Morgan fingerprint density at radius 3 is 2.12 bits per heavy atom. The Labute approximate surface area is 96.4 Å². The number of unbranched alkanes of at least 4 members (excludes halogenated alkanes) is 5. The first kappa shape index (κ1) is 15.8. The highest BCUT2D eigenvalue weighted by molar-refractivity contribution is 4.60. The molecule has 0 amide bonds. The highest BCUT2D eigenvalue weighted by atomic mass is 19.4. The lowest BCUT2D eigenvalue weighted by Crippen LogP contribution is -2.24. The summed E-state index contributed by atoms with van der Waals surface area (Å²) in [5, 5.41) is 0. The molecule has 0 saturated carbocycles. The van der Waals surface area contributed by atoms with Crippen LogP contribution in [0.25, 0.3) is 0 Å². The fourth-order valence-electron chi connectivity index (χ4n) is 1.34. The van der Waals surface area contributed by atoms with Crippen LogP contribution in [0.1, 0.15) is 52.4 Å². The van der Waals surface area contributed by atoms with Gasteiger partial charge in [0.1, 0.15) is 0 Å². The van der Waals surface area contributed by atoms with Crippen molar-refractivity contribution in [1.82, 2.24) is 0 Å². The van der Waals surface area contributed by atoms with Crippen molar-refractivity contribution in [3.8, 4) is 0 Å². The van der Waals surface area contributed by atoms with E-state index in [1.807, 2.05) is 0 Å². The molecule has 0 radical (unpaired) electrons. The lowest BCUT2D eigenvalue weighted by molar-refractivity contribution is -0.182. The lowest BCUT2D eigenvalue weighted by Gasteiger charge is -2.15. The number of hydrogen-bond acceptors (Lipinski definition) is 1. The molecule has 0 spiro atoms. The average Bonchev–Trinajstić information content (AvgIpc) is 2.20. The molecule has 0 N–H and O–H groups in total. The average molecular weight is 240 g/mol. The Hall–Kier alpha value is -0.250. The molecule has 0 aromatic heterocycles. The van der Waals surface area contributed by atoms with Gasteiger partial charge in [-0.15, -0.1) is 0 Å². The smallest absolute Gasteiger partial charge is 0.381 e. The quantitative estimate of drug-likeness (QED) is 0.537. The standard InChI is InChI=1S/C12H23F3O/c1-3-4-5-6-7-8-9-16-10-11(2)12(13,14)15/h11H,3-10H2,1-2H3. The van der Waals surface area contributed by atoms with Gasteiger partial charge >= 0.3 is 6.18 Å². The fraction of sp³-hybridized carbons (Fsp3) is 1.00. The van der Waals surface area contributed by atoms with Crippen molar-refractivity contribution < 1.29 is 17.9 Å².